The van der Waals surface area contributed by atoms with Crippen LogP contribution in [0, 0.1) is 0 Å². The van der Waals surface area contributed by atoms with Gasteiger partial charge < -0.3 is 0 Å². The second-order valence-corrected chi connectivity index (χ2v) is 3.17. The molecule has 1 aliphatic rings. The third-order valence-corrected chi connectivity index (χ3v) is 2.12. The summed E-state index contributed by atoms with van der Waals surface area (Å²) in [5.41, 5.74) is -0.336. The molecule has 1 saturated carbocycles. The van der Waals surface area contributed by atoms with Crippen LogP contribution in [0.25, 0.3) is 0 Å². The highest BCUT2D eigenvalue weighted by Gasteiger charge is 2.26. The predicted octanol–water partition coefficient (Wildman–Crippen LogP) is 1.19. The highest BCUT2D eigenvalue weighted by atomic mass is 35.5. The van der Waals surface area contributed by atoms with Crippen LogP contribution in [0.4, 0.5) is 4.79 Å². The number of nitrogens with zero attached hydrogens (tertiary/aromatic N) is 2. The average Bonchev–Trinajstić information content (AvgIpc) is 2.75. The summed E-state index contributed by atoms with van der Waals surface area (Å²) in [6, 6.07) is 0.287. The third kappa shape index (κ3) is 1.08. The summed E-state index contributed by atoms with van der Waals surface area (Å²) in [6.07, 6.45) is 5.02. The van der Waals surface area contributed by atoms with Gasteiger partial charge in [-0.3, -0.25) is 9.36 Å². The molecule has 1 aromatic rings. The lowest BCUT2D eigenvalue weighted by molar-refractivity contribution is 0.260. The quantitative estimate of drug-likeness (QED) is 0.619. The van der Waals surface area contributed by atoms with E-state index < -0.39 is 5.37 Å². The van der Waals surface area contributed by atoms with Crippen LogP contribution < -0.4 is 5.69 Å². The zero-order chi connectivity index (χ0) is 8.72. The molecule has 4 nitrogen and oxygen atoms in total. The molecule has 0 N–H and O–H groups in total. The van der Waals surface area contributed by atoms with Crippen LogP contribution in [0.5, 0.6) is 0 Å². The number of rotatable bonds is 1. The average molecular weight is 187 g/mol. The molecule has 0 amide bonds. The van der Waals surface area contributed by atoms with E-state index in [-0.39, 0.29) is 11.7 Å². The summed E-state index contributed by atoms with van der Waals surface area (Å²) >= 11 is 5.16. The van der Waals surface area contributed by atoms with Gasteiger partial charge in [0.1, 0.15) is 0 Å². The Bertz CT molecular complexity index is 375. The van der Waals surface area contributed by atoms with Gasteiger partial charge in [-0.15, -0.1) is 0 Å². The van der Waals surface area contributed by atoms with Gasteiger partial charge in [0.25, 0.3) is 0 Å². The topological polar surface area (TPSA) is 44.0 Å². The van der Waals surface area contributed by atoms with Crippen LogP contribution >= 0.6 is 11.6 Å². The Kier molecular flexibility index (Phi) is 1.58. The molecule has 2 rings (SSSR count). The molecule has 0 unspecified atom stereocenters. The van der Waals surface area contributed by atoms with Crippen molar-refractivity contribution in [3.63, 3.8) is 0 Å². The zero-order valence-corrected chi connectivity index (χ0v) is 6.99. The van der Waals surface area contributed by atoms with E-state index in [1.165, 1.54) is 6.20 Å². The second kappa shape index (κ2) is 2.48. The lowest BCUT2D eigenvalue weighted by Gasteiger charge is -1.93. The van der Waals surface area contributed by atoms with E-state index >= 15 is 0 Å². The van der Waals surface area contributed by atoms with Gasteiger partial charge in [-0.1, -0.05) is 0 Å². The lowest BCUT2D eigenvalue weighted by Crippen LogP contribution is -2.25. The van der Waals surface area contributed by atoms with Crippen molar-refractivity contribution in [1.82, 2.24) is 9.13 Å². The fourth-order valence-electron chi connectivity index (χ4n) is 1.15. The minimum atomic E-state index is -0.751. The number of aromatic nitrogens is 2. The fraction of sp³-hybridized carbons (Fsp3) is 0.429. The van der Waals surface area contributed by atoms with E-state index in [1.807, 2.05) is 0 Å². The highest BCUT2D eigenvalue weighted by Crippen LogP contribution is 2.33. The van der Waals surface area contributed by atoms with Crippen molar-refractivity contribution < 1.29 is 4.79 Å². The molecule has 1 heterocycles. The number of carbonyl (C=O) groups is 1. The van der Waals surface area contributed by atoms with E-state index in [1.54, 1.807) is 10.8 Å². The molecule has 5 heteroatoms. The molecule has 0 bridgehead atoms. The zero-order valence-electron chi connectivity index (χ0n) is 6.24. The molecule has 1 aromatic heterocycles. The van der Waals surface area contributed by atoms with Gasteiger partial charge in [0, 0.05) is 18.4 Å². The Labute approximate surface area is 73.4 Å². The summed E-state index contributed by atoms with van der Waals surface area (Å²) in [6.45, 7) is 0. The molecular formula is C7H7ClN2O2. The van der Waals surface area contributed by atoms with Crippen molar-refractivity contribution in [2.45, 2.75) is 18.9 Å². The lowest BCUT2D eigenvalue weighted by atomic mass is 10.7. The van der Waals surface area contributed by atoms with Crippen molar-refractivity contribution in [3.05, 3.63) is 22.9 Å². The largest absolute Gasteiger partial charge is 0.336 e. The molecule has 0 saturated heterocycles. The minimum Gasteiger partial charge on any atom is -0.296 e. The summed E-state index contributed by atoms with van der Waals surface area (Å²) < 4.78 is 2.44. The summed E-state index contributed by atoms with van der Waals surface area (Å²) in [4.78, 5) is 22.0. The first-order chi connectivity index (χ1) is 5.70. The number of halogens is 1. The van der Waals surface area contributed by atoms with E-state index in [0.717, 1.165) is 17.4 Å². The molecule has 0 radical (unpaired) electrons. The van der Waals surface area contributed by atoms with Crippen molar-refractivity contribution in [2.24, 2.45) is 0 Å². The standard InChI is InChI=1S/C7H7ClN2O2/c8-6(11)10-4-3-9(7(10)12)5-1-2-5/h3-5H,1-2H2. The normalized spacial score (nSPS) is 16.4. The highest BCUT2D eigenvalue weighted by molar-refractivity contribution is 6.63. The SMILES string of the molecule is O=C(Cl)n1ccn(C2CC2)c1=O. The van der Waals surface area contributed by atoms with Gasteiger partial charge in [0.2, 0.25) is 0 Å². The van der Waals surface area contributed by atoms with Crippen LogP contribution in [0.15, 0.2) is 17.2 Å². The molecule has 1 fully saturated rings. The van der Waals surface area contributed by atoms with Crippen LogP contribution in [-0.2, 0) is 0 Å². The molecular weight excluding hydrogens is 180 g/mol. The van der Waals surface area contributed by atoms with Gasteiger partial charge >= 0.3 is 11.1 Å². The van der Waals surface area contributed by atoms with E-state index in [4.69, 9.17) is 11.6 Å². The maximum atomic E-state index is 11.3. The summed E-state index contributed by atoms with van der Waals surface area (Å²) in [5.74, 6) is 0. The van der Waals surface area contributed by atoms with Gasteiger partial charge in [-0.25, -0.2) is 9.36 Å². The number of hydrogen-bond donors (Lipinski definition) is 0. The van der Waals surface area contributed by atoms with E-state index in [0.29, 0.717) is 0 Å². The molecule has 1 aliphatic carbocycles. The Morgan fingerprint density at radius 1 is 1.50 bits per heavy atom. The fourth-order valence-corrected chi connectivity index (χ4v) is 1.28. The van der Waals surface area contributed by atoms with Gasteiger partial charge in [-0.2, -0.15) is 0 Å². The molecule has 0 aromatic carbocycles. The first kappa shape index (κ1) is 7.61. The third-order valence-electron chi connectivity index (χ3n) is 1.93. The molecule has 0 aliphatic heterocycles. The molecule has 64 valence electrons. The van der Waals surface area contributed by atoms with E-state index in [9.17, 15) is 9.59 Å². The van der Waals surface area contributed by atoms with Crippen LogP contribution in [-0.4, -0.2) is 14.5 Å². The Morgan fingerprint density at radius 3 is 2.58 bits per heavy atom. The smallest absolute Gasteiger partial charge is 0.296 e. The Balaban J connectivity index is 2.46. The Morgan fingerprint density at radius 2 is 2.17 bits per heavy atom. The van der Waals surface area contributed by atoms with Crippen LogP contribution in [0.3, 0.4) is 0 Å². The monoisotopic (exact) mass is 186 g/mol. The predicted molar refractivity (Wildman–Crippen MR) is 43.6 cm³/mol. The van der Waals surface area contributed by atoms with Crippen molar-refractivity contribution in [1.29, 1.82) is 0 Å². The van der Waals surface area contributed by atoms with Crippen molar-refractivity contribution >= 4 is 17.0 Å². The maximum Gasteiger partial charge on any atom is 0.336 e. The first-order valence-electron chi connectivity index (χ1n) is 3.69. The van der Waals surface area contributed by atoms with E-state index in [2.05, 4.69) is 0 Å². The summed E-state index contributed by atoms with van der Waals surface area (Å²) in [5, 5.41) is -0.751. The molecule has 0 spiro atoms. The van der Waals surface area contributed by atoms with Crippen LogP contribution in [0.1, 0.15) is 18.9 Å². The first-order valence-corrected chi connectivity index (χ1v) is 4.07. The minimum absolute atomic E-state index is 0.287. The number of hydrogen-bond acceptors (Lipinski definition) is 2. The van der Waals surface area contributed by atoms with Crippen LogP contribution in [0.2, 0.25) is 0 Å². The Hall–Kier alpha value is -1.03. The maximum absolute atomic E-state index is 11.3. The van der Waals surface area contributed by atoms with Crippen molar-refractivity contribution in [3.8, 4) is 0 Å². The molecule has 0 atom stereocenters. The van der Waals surface area contributed by atoms with Gasteiger partial charge in [-0.05, 0) is 24.4 Å². The number of imidazole rings is 1. The molecule has 12 heavy (non-hydrogen) atoms. The number of carbonyl (C=O) groups excluding carboxylic acids is 1. The van der Waals surface area contributed by atoms with Crippen molar-refractivity contribution in [2.75, 3.05) is 0 Å². The summed E-state index contributed by atoms with van der Waals surface area (Å²) in [7, 11) is 0. The second-order valence-electron chi connectivity index (χ2n) is 2.84. The van der Waals surface area contributed by atoms with Gasteiger partial charge in [0.15, 0.2) is 0 Å². The van der Waals surface area contributed by atoms with Gasteiger partial charge in [0.05, 0.1) is 0 Å².